The molecule has 0 unspecified atom stereocenters. The Kier molecular flexibility index (Phi) is 6.64. The van der Waals surface area contributed by atoms with Gasteiger partial charge in [-0.15, -0.1) is 0 Å². The first kappa shape index (κ1) is 28.6. The summed E-state index contributed by atoms with van der Waals surface area (Å²) in [7, 11) is -1.92. The molecule has 0 aromatic heterocycles. The number of rotatable bonds is 4. The van der Waals surface area contributed by atoms with Crippen LogP contribution in [0.2, 0.25) is 0 Å². The van der Waals surface area contributed by atoms with Crippen molar-refractivity contribution in [1.82, 2.24) is 0 Å². The van der Waals surface area contributed by atoms with Gasteiger partial charge >= 0.3 is 5.97 Å². The lowest BCUT2D eigenvalue weighted by molar-refractivity contribution is -0.246. The summed E-state index contributed by atoms with van der Waals surface area (Å²) < 4.78 is 35.4. The van der Waals surface area contributed by atoms with Crippen molar-refractivity contribution < 1.29 is 22.1 Å². The molecule has 5 aliphatic rings. The average molecular weight is 549 g/mol. The number of esters is 1. The minimum absolute atomic E-state index is 0.0159. The lowest BCUT2D eigenvalue weighted by Gasteiger charge is -2.72. The molecule has 0 N–H and O–H groups in total. The van der Waals surface area contributed by atoms with Crippen LogP contribution in [0.3, 0.4) is 0 Å². The fourth-order valence-electron chi connectivity index (χ4n) is 12.1. The number of carbonyl (C=O) groups excluding carboxylic acids is 1. The standard InChI is InChI=1S/C32H52O5S/c1-20(2)21-12-17-32(27(33)36-8)19-18-30(6)22(26(21)32)10-11-24-29(5)15-14-25(37-38(9,34)35)28(3,4)23(29)13-16-31(24,30)7/h21-26H,1,10-19H2,2-9H3/t21-,22+,23-,24+,25-,26+,29-,30+,31+,32-/m0/s1. The maximum atomic E-state index is 13.4. The third-order valence-electron chi connectivity index (χ3n) is 13.9. The Labute approximate surface area is 232 Å². The summed E-state index contributed by atoms with van der Waals surface area (Å²) in [5.41, 5.74) is 1.19. The van der Waals surface area contributed by atoms with Gasteiger partial charge in [0.15, 0.2) is 0 Å². The minimum atomic E-state index is -3.49. The highest BCUT2D eigenvalue weighted by atomic mass is 32.2. The van der Waals surface area contributed by atoms with Crippen LogP contribution in [0.25, 0.3) is 0 Å². The number of hydrogen-bond donors (Lipinski definition) is 0. The van der Waals surface area contributed by atoms with Gasteiger partial charge in [-0.05, 0) is 122 Å². The summed E-state index contributed by atoms with van der Waals surface area (Å²) in [5.74, 6) is 2.25. The van der Waals surface area contributed by atoms with E-state index in [-0.39, 0.29) is 39.1 Å². The van der Waals surface area contributed by atoms with E-state index in [1.54, 1.807) is 7.11 Å². The van der Waals surface area contributed by atoms with Crippen molar-refractivity contribution in [2.45, 2.75) is 112 Å². The monoisotopic (exact) mass is 548 g/mol. The molecule has 5 fully saturated rings. The van der Waals surface area contributed by atoms with Crippen LogP contribution in [-0.4, -0.2) is 33.9 Å². The van der Waals surface area contributed by atoms with Crippen LogP contribution in [0.15, 0.2) is 12.2 Å². The number of fused-ring (bicyclic) bond motifs is 7. The molecule has 38 heavy (non-hydrogen) atoms. The predicted molar refractivity (Wildman–Crippen MR) is 151 cm³/mol. The molecule has 0 radical (unpaired) electrons. The highest BCUT2D eigenvalue weighted by Crippen LogP contribution is 2.77. The molecule has 10 atom stereocenters. The van der Waals surface area contributed by atoms with Crippen molar-refractivity contribution in [3.05, 3.63) is 12.2 Å². The van der Waals surface area contributed by atoms with Crippen LogP contribution >= 0.6 is 0 Å². The molecule has 5 rings (SSSR count). The highest BCUT2D eigenvalue weighted by molar-refractivity contribution is 7.86. The molecule has 0 aromatic rings. The van der Waals surface area contributed by atoms with Gasteiger partial charge in [0.2, 0.25) is 0 Å². The summed E-state index contributed by atoms with van der Waals surface area (Å²) >= 11 is 0. The first-order chi connectivity index (χ1) is 17.5. The zero-order valence-corrected chi connectivity index (χ0v) is 26.0. The van der Waals surface area contributed by atoms with Crippen molar-refractivity contribution in [3.63, 3.8) is 0 Å². The molecule has 0 saturated heterocycles. The molecular formula is C32H52O5S. The highest BCUT2D eigenvalue weighted by Gasteiger charge is 2.72. The van der Waals surface area contributed by atoms with Crippen LogP contribution in [0.5, 0.6) is 0 Å². The molecule has 6 heteroatoms. The van der Waals surface area contributed by atoms with Crippen LogP contribution in [0, 0.1) is 56.7 Å². The topological polar surface area (TPSA) is 69.7 Å². The molecule has 0 heterocycles. The Morgan fingerprint density at radius 1 is 0.842 bits per heavy atom. The van der Waals surface area contributed by atoms with Gasteiger partial charge < -0.3 is 4.74 Å². The molecule has 0 spiro atoms. The largest absolute Gasteiger partial charge is 0.469 e. The van der Waals surface area contributed by atoms with E-state index in [1.807, 2.05) is 0 Å². The zero-order chi connectivity index (χ0) is 28.1. The molecule has 0 aromatic carbocycles. The average Bonchev–Trinajstić information content (AvgIpc) is 3.21. The molecule has 5 saturated carbocycles. The lowest BCUT2D eigenvalue weighted by Crippen LogP contribution is -2.67. The van der Waals surface area contributed by atoms with Gasteiger partial charge in [0.05, 0.1) is 24.9 Å². The van der Waals surface area contributed by atoms with Crippen LogP contribution in [-0.2, 0) is 23.8 Å². The van der Waals surface area contributed by atoms with E-state index in [0.29, 0.717) is 29.6 Å². The van der Waals surface area contributed by atoms with Gasteiger partial charge in [0.25, 0.3) is 10.1 Å². The van der Waals surface area contributed by atoms with Gasteiger partial charge in [-0.25, -0.2) is 0 Å². The molecular weight excluding hydrogens is 496 g/mol. The second-order valence-corrected chi connectivity index (χ2v) is 17.1. The molecule has 5 nitrogen and oxygen atoms in total. The SMILES string of the molecule is C=C(C)[C@@H]1CC[C@]2(C(=O)OC)CC[C@]3(C)[C@H](CC[C@@H]4[C@@]5(C)CC[C@H](OS(C)(=O)=O)C(C)(C)[C@@H]5CC[C@]43C)[C@@H]12. The first-order valence-electron chi connectivity index (χ1n) is 15.1. The fraction of sp³-hybridized carbons (Fsp3) is 0.906. The fourth-order valence-corrected chi connectivity index (χ4v) is 12.8. The van der Waals surface area contributed by atoms with Crippen LogP contribution in [0.4, 0.5) is 0 Å². The van der Waals surface area contributed by atoms with E-state index in [1.165, 1.54) is 18.2 Å². The summed E-state index contributed by atoms with van der Waals surface area (Å²) in [6.45, 7) is 18.8. The Morgan fingerprint density at radius 2 is 1.53 bits per heavy atom. The van der Waals surface area contributed by atoms with E-state index in [0.717, 1.165) is 57.8 Å². The van der Waals surface area contributed by atoms with E-state index < -0.39 is 10.1 Å². The number of ether oxygens (including phenoxy) is 1. The van der Waals surface area contributed by atoms with Crippen molar-refractivity contribution in [1.29, 1.82) is 0 Å². The van der Waals surface area contributed by atoms with Gasteiger partial charge in [0.1, 0.15) is 0 Å². The van der Waals surface area contributed by atoms with Crippen molar-refractivity contribution in [2.24, 2.45) is 56.7 Å². The normalized spacial score (nSPS) is 49.7. The Bertz CT molecular complexity index is 1110. The maximum Gasteiger partial charge on any atom is 0.312 e. The quantitative estimate of drug-likeness (QED) is 0.212. The van der Waals surface area contributed by atoms with Crippen molar-refractivity contribution in [3.8, 4) is 0 Å². The molecule has 0 bridgehead atoms. The zero-order valence-electron chi connectivity index (χ0n) is 25.2. The number of carbonyl (C=O) groups is 1. The van der Waals surface area contributed by atoms with Gasteiger partial charge in [-0.1, -0.05) is 46.8 Å². The smallest absolute Gasteiger partial charge is 0.312 e. The van der Waals surface area contributed by atoms with E-state index in [4.69, 9.17) is 8.92 Å². The van der Waals surface area contributed by atoms with Gasteiger partial charge in [-0.2, -0.15) is 8.42 Å². The third-order valence-corrected chi connectivity index (χ3v) is 14.5. The van der Waals surface area contributed by atoms with Crippen LogP contribution in [0.1, 0.15) is 106 Å². The lowest BCUT2D eigenvalue weighted by atomic mass is 9.32. The molecule has 0 amide bonds. The number of methoxy groups -OCH3 is 1. The van der Waals surface area contributed by atoms with E-state index >= 15 is 0 Å². The van der Waals surface area contributed by atoms with Crippen molar-refractivity contribution in [2.75, 3.05) is 13.4 Å². The maximum absolute atomic E-state index is 13.4. The van der Waals surface area contributed by atoms with Crippen LogP contribution < -0.4 is 0 Å². The first-order valence-corrected chi connectivity index (χ1v) is 16.9. The van der Waals surface area contributed by atoms with E-state index in [9.17, 15) is 13.2 Å². The molecule has 5 aliphatic carbocycles. The number of allylic oxidation sites excluding steroid dienone is 1. The Balaban J connectivity index is 1.52. The summed E-state index contributed by atoms with van der Waals surface area (Å²) in [6.07, 6.45) is 11.4. The molecule has 216 valence electrons. The summed E-state index contributed by atoms with van der Waals surface area (Å²) in [5, 5.41) is 0. The third kappa shape index (κ3) is 3.70. The Morgan fingerprint density at radius 3 is 2.13 bits per heavy atom. The molecule has 0 aliphatic heterocycles. The predicted octanol–water partition coefficient (Wildman–Crippen LogP) is 7.16. The summed E-state index contributed by atoms with van der Waals surface area (Å²) in [4.78, 5) is 13.4. The van der Waals surface area contributed by atoms with Gasteiger partial charge in [-0.3, -0.25) is 8.98 Å². The second kappa shape index (κ2) is 8.81. The van der Waals surface area contributed by atoms with E-state index in [2.05, 4.69) is 48.1 Å². The van der Waals surface area contributed by atoms with Gasteiger partial charge in [0, 0.05) is 0 Å². The van der Waals surface area contributed by atoms with Crippen molar-refractivity contribution >= 4 is 16.1 Å². The summed E-state index contributed by atoms with van der Waals surface area (Å²) in [6, 6.07) is 0. The Hall–Kier alpha value is -0.880. The minimum Gasteiger partial charge on any atom is -0.469 e. The second-order valence-electron chi connectivity index (χ2n) is 15.5. The number of hydrogen-bond acceptors (Lipinski definition) is 5.